The highest BCUT2D eigenvalue weighted by molar-refractivity contribution is 5.45. The molecule has 0 heterocycles. The molecule has 2 rings (SSSR count). The minimum absolute atomic E-state index is 0. The van der Waals surface area contributed by atoms with Crippen molar-refractivity contribution in [2.24, 2.45) is 0 Å². The number of aryl methyl sites for hydroxylation is 1. The maximum Gasteiger partial charge on any atom is 0.269 e. The van der Waals surface area contributed by atoms with Crippen molar-refractivity contribution < 1.29 is 4.92 Å². The quantitative estimate of drug-likeness (QED) is 0.569. The van der Waals surface area contributed by atoms with Crippen LogP contribution in [0.3, 0.4) is 0 Å². The first-order valence-electron chi connectivity index (χ1n) is 4.78. The Morgan fingerprint density at radius 3 is 2.67 bits per heavy atom. The average molecular weight is 208 g/mol. The Morgan fingerprint density at radius 2 is 2.07 bits per heavy atom. The Kier molecular flexibility index (Phi) is 2.81. The number of non-ortho nitro benzene ring substituents is 1. The third kappa shape index (κ3) is 1.85. The molecule has 1 aliphatic carbocycles. The molecule has 0 bridgehead atoms. The predicted molar refractivity (Wildman–Crippen MR) is 59.5 cm³/mol. The van der Waals surface area contributed by atoms with Gasteiger partial charge < -0.3 is 6.15 Å². The first-order valence-corrected chi connectivity index (χ1v) is 4.78. The Labute approximate surface area is 89.0 Å². The molecule has 0 radical (unpaired) electrons. The van der Waals surface area contributed by atoms with Gasteiger partial charge in [-0.05, 0) is 29.4 Å². The number of nitro groups is 1. The van der Waals surface area contributed by atoms with Gasteiger partial charge in [-0.2, -0.15) is 0 Å². The van der Waals surface area contributed by atoms with Crippen molar-refractivity contribution in [1.82, 2.24) is 6.15 Å². The van der Waals surface area contributed by atoms with E-state index in [1.807, 2.05) is 6.07 Å². The van der Waals surface area contributed by atoms with E-state index < -0.39 is 0 Å². The average Bonchev–Trinajstić information content (AvgIpc) is 2.42. The summed E-state index contributed by atoms with van der Waals surface area (Å²) in [6.45, 7) is 4.37. The number of fused-ring (bicyclic) bond motifs is 1. The van der Waals surface area contributed by atoms with Gasteiger partial charge in [0.25, 0.3) is 5.69 Å². The molecule has 4 nitrogen and oxygen atoms in total. The summed E-state index contributed by atoms with van der Waals surface area (Å²) in [7, 11) is 0. The van der Waals surface area contributed by atoms with Gasteiger partial charge >= 0.3 is 0 Å². The van der Waals surface area contributed by atoms with Crippen LogP contribution < -0.4 is 6.15 Å². The largest absolute Gasteiger partial charge is 0.344 e. The molecule has 3 N–H and O–H groups in total. The zero-order chi connectivity index (χ0) is 10.3. The van der Waals surface area contributed by atoms with Crippen LogP contribution in [-0.2, 0) is 11.8 Å². The van der Waals surface area contributed by atoms with Crippen LogP contribution in [0, 0.1) is 10.1 Å². The molecular weight excluding hydrogens is 192 g/mol. The molecule has 1 aliphatic rings. The standard InChI is InChI=1S/C11H13NO2.H3N/c1-11(2)6-5-8-7-9(12(13)14)3-4-10(8)11;/h3-4,7H,5-6H2,1-2H3;1H3. The summed E-state index contributed by atoms with van der Waals surface area (Å²) in [5, 5.41) is 10.6. The molecule has 0 aromatic heterocycles. The number of benzene rings is 1. The highest BCUT2D eigenvalue weighted by Crippen LogP contribution is 2.39. The van der Waals surface area contributed by atoms with Crippen LogP contribution in [-0.4, -0.2) is 4.92 Å². The van der Waals surface area contributed by atoms with E-state index in [2.05, 4.69) is 13.8 Å². The molecular formula is C11H16N2O2. The molecule has 4 heteroatoms. The van der Waals surface area contributed by atoms with E-state index in [-0.39, 0.29) is 22.2 Å². The lowest BCUT2D eigenvalue weighted by Gasteiger charge is -2.18. The second-order valence-electron chi connectivity index (χ2n) is 4.48. The van der Waals surface area contributed by atoms with Gasteiger partial charge in [0.1, 0.15) is 0 Å². The summed E-state index contributed by atoms with van der Waals surface area (Å²) in [6.07, 6.45) is 2.05. The van der Waals surface area contributed by atoms with Crippen molar-refractivity contribution in [3.8, 4) is 0 Å². The first kappa shape index (κ1) is 11.7. The number of nitrogens with zero attached hydrogens (tertiary/aromatic N) is 1. The SMILES string of the molecule is CC1(C)CCc2cc([N+](=O)[O-])ccc21.N. The smallest absolute Gasteiger partial charge is 0.269 e. The lowest BCUT2D eigenvalue weighted by atomic mass is 9.87. The molecule has 0 aliphatic heterocycles. The first-order chi connectivity index (χ1) is 6.50. The second-order valence-corrected chi connectivity index (χ2v) is 4.48. The number of nitro benzene ring substituents is 1. The molecule has 0 saturated carbocycles. The van der Waals surface area contributed by atoms with E-state index >= 15 is 0 Å². The van der Waals surface area contributed by atoms with E-state index in [4.69, 9.17) is 0 Å². The summed E-state index contributed by atoms with van der Waals surface area (Å²) < 4.78 is 0. The van der Waals surface area contributed by atoms with E-state index in [0.29, 0.717) is 0 Å². The van der Waals surface area contributed by atoms with Crippen molar-refractivity contribution in [2.75, 3.05) is 0 Å². The molecule has 0 fully saturated rings. The van der Waals surface area contributed by atoms with Crippen LogP contribution in [0.15, 0.2) is 18.2 Å². The molecule has 0 spiro atoms. The molecule has 0 atom stereocenters. The van der Waals surface area contributed by atoms with Crippen molar-refractivity contribution >= 4 is 5.69 Å². The minimum Gasteiger partial charge on any atom is -0.344 e. The normalized spacial score (nSPS) is 16.7. The maximum atomic E-state index is 10.6. The van der Waals surface area contributed by atoms with Crippen LogP contribution in [0.1, 0.15) is 31.4 Å². The van der Waals surface area contributed by atoms with Crippen LogP contribution in [0.5, 0.6) is 0 Å². The summed E-state index contributed by atoms with van der Waals surface area (Å²) in [4.78, 5) is 10.2. The van der Waals surface area contributed by atoms with Gasteiger partial charge in [0.2, 0.25) is 0 Å². The van der Waals surface area contributed by atoms with Crippen LogP contribution in [0.25, 0.3) is 0 Å². The summed E-state index contributed by atoms with van der Waals surface area (Å²) in [6, 6.07) is 5.22. The number of hydrogen-bond acceptors (Lipinski definition) is 3. The maximum absolute atomic E-state index is 10.6. The fourth-order valence-corrected chi connectivity index (χ4v) is 2.14. The topological polar surface area (TPSA) is 78.1 Å². The third-order valence-corrected chi connectivity index (χ3v) is 3.05. The fourth-order valence-electron chi connectivity index (χ4n) is 2.14. The molecule has 0 unspecified atom stereocenters. The Bertz CT molecular complexity index is 400. The van der Waals surface area contributed by atoms with Gasteiger partial charge in [-0.25, -0.2) is 0 Å². The monoisotopic (exact) mass is 208 g/mol. The van der Waals surface area contributed by atoms with Crippen molar-refractivity contribution in [3.05, 3.63) is 39.4 Å². The van der Waals surface area contributed by atoms with Gasteiger partial charge in [-0.3, -0.25) is 10.1 Å². The lowest BCUT2D eigenvalue weighted by Crippen LogP contribution is -2.11. The van der Waals surface area contributed by atoms with Gasteiger partial charge in [0, 0.05) is 12.1 Å². The Balaban J connectivity index is 0.00000112. The van der Waals surface area contributed by atoms with E-state index in [1.54, 1.807) is 12.1 Å². The van der Waals surface area contributed by atoms with Crippen LogP contribution in [0.4, 0.5) is 5.69 Å². The van der Waals surface area contributed by atoms with Crippen molar-refractivity contribution in [2.45, 2.75) is 32.1 Å². The molecule has 15 heavy (non-hydrogen) atoms. The fraction of sp³-hybridized carbons (Fsp3) is 0.455. The second kappa shape index (κ2) is 3.62. The molecule has 1 aromatic carbocycles. The lowest BCUT2D eigenvalue weighted by molar-refractivity contribution is -0.384. The van der Waals surface area contributed by atoms with E-state index in [9.17, 15) is 10.1 Å². The molecule has 0 saturated heterocycles. The van der Waals surface area contributed by atoms with Crippen LogP contribution >= 0.6 is 0 Å². The van der Waals surface area contributed by atoms with E-state index in [0.717, 1.165) is 18.4 Å². The highest BCUT2D eigenvalue weighted by Gasteiger charge is 2.30. The van der Waals surface area contributed by atoms with Gasteiger partial charge in [0.05, 0.1) is 4.92 Å². The van der Waals surface area contributed by atoms with Crippen molar-refractivity contribution in [3.63, 3.8) is 0 Å². The Hall–Kier alpha value is -1.42. The zero-order valence-electron chi connectivity index (χ0n) is 9.12. The predicted octanol–water partition coefficient (Wildman–Crippen LogP) is 2.98. The van der Waals surface area contributed by atoms with Crippen LogP contribution in [0.2, 0.25) is 0 Å². The Morgan fingerprint density at radius 1 is 1.40 bits per heavy atom. The van der Waals surface area contributed by atoms with Gasteiger partial charge in [0.15, 0.2) is 0 Å². The summed E-state index contributed by atoms with van der Waals surface area (Å²) in [5.41, 5.74) is 2.80. The summed E-state index contributed by atoms with van der Waals surface area (Å²) in [5.74, 6) is 0. The van der Waals surface area contributed by atoms with Gasteiger partial charge in [-0.15, -0.1) is 0 Å². The highest BCUT2D eigenvalue weighted by atomic mass is 16.6. The molecule has 82 valence electrons. The number of hydrogen-bond donors (Lipinski definition) is 1. The van der Waals surface area contributed by atoms with Gasteiger partial charge in [-0.1, -0.05) is 19.9 Å². The molecule has 0 amide bonds. The summed E-state index contributed by atoms with van der Waals surface area (Å²) >= 11 is 0. The zero-order valence-corrected chi connectivity index (χ0v) is 9.12. The molecule has 1 aromatic rings. The van der Waals surface area contributed by atoms with E-state index in [1.165, 1.54) is 5.56 Å². The third-order valence-electron chi connectivity index (χ3n) is 3.05. The van der Waals surface area contributed by atoms with Crippen molar-refractivity contribution in [1.29, 1.82) is 0 Å². The number of rotatable bonds is 1. The minimum atomic E-state index is -0.328.